The molecular weight excluding hydrogens is 219 g/mol. The Kier molecular flexibility index (Phi) is 2.88. The molecule has 0 amide bonds. The summed E-state index contributed by atoms with van der Waals surface area (Å²) in [7, 11) is 0. The number of nitriles is 1. The van der Waals surface area contributed by atoms with Gasteiger partial charge in [0.25, 0.3) is 0 Å². The molecule has 1 heterocycles. The fraction of sp³-hybridized carbons (Fsp3) is 0. The molecule has 0 saturated heterocycles. The normalized spacial score (nSPS) is 9.65. The van der Waals surface area contributed by atoms with Crippen molar-refractivity contribution in [1.29, 1.82) is 5.26 Å². The molecule has 2 rings (SSSR count). The number of nitrogen functional groups attached to an aromatic ring is 1. The van der Waals surface area contributed by atoms with Gasteiger partial charge in [-0.2, -0.15) is 5.26 Å². The van der Waals surface area contributed by atoms with E-state index in [4.69, 9.17) is 11.0 Å². The third-order valence-electron chi connectivity index (χ3n) is 2.23. The van der Waals surface area contributed by atoms with Crippen molar-refractivity contribution < 1.29 is 4.39 Å². The van der Waals surface area contributed by atoms with Gasteiger partial charge < -0.3 is 11.1 Å². The lowest BCUT2D eigenvalue weighted by Gasteiger charge is -2.09. The van der Waals surface area contributed by atoms with Gasteiger partial charge in [-0.05, 0) is 24.3 Å². The molecule has 0 saturated carbocycles. The van der Waals surface area contributed by atoms with E-state index in [0.29, 0.717) is 17.2 Å². The SMILES string of the molecule is N#Cc1c(F)cccc1Nc1cccnc1N. The Balaban J connectivity index is 2.41. The molecule has 1 aromatic carbocycles. The molecule has 0 aliphatic heterocycles. The lowest BCUT2D eigenvalue weighted by molar-refractivity contribution is 0.624. The highest BCUT2D eigenvalue weighted by molar-refractivity contribution is 5.72. The van der Waals surface area contributed by atoms with Crippen LogP contribution in [0.5, 0.6) is 0 Å². The number of pyridine rings is 1. The Morgan fingerprint density at radius 1 is 1.24 bits per heavy atom. The molecule has 0 unspecified atom stereocenters. The summed E-state index contributed by atoms with van der Waals surface area (Å²) in [4.78, 5) is 3.89. The molecule has 0 atom stereocenters. The first-order valence-corrected chi connectivity index (χ1v) is 4.88. The molecule has 0 aliphatic rings. The minimum Gasteiger partial charge on any atom is -0.382 e. The van der Waals surface area contributed by atoms with Gasteiger partial charge in [-0.3, -0.25) is 0 Å². The lowest BCUT2D eigenvalue weighted by Crippen LogP contribution is -2.00. The quantitative estimate of drug-likeness (QED) is 0.827. The second-order valence-electron chi connectivity index (χ2n) is 3.34. The fourth-order valence-corrected chi connectivity index (χ4v) is 1.41. The van der Waals surface area contributed by atoms with Crippen LogP contribution < -0.4 is 11.1 Å². The first kappa shape index (κ1) is 10.9. The predicted octanol–water partition coefficient (Wildman–Crippen LogP) is 2.42. The third-order valence-corrected chi connectivity index (χ3v) is 2.23. The Bertz CT molecular complexity index is 589. The number of anilines is 3. The summed E-state index contributed by atoms with van der Waals surface area (Å²) in [6.45, 7) is 0. The Morgan fingerprint density at radius 3 is 2.71 bits per heavy atom. The van der Waals surface area contributed by atoms with E-state index >= 15 is 0 Å². The van der Waals surface area contributed by atoms with Crippen LogP contribution in [0.4, 0.5) is 21.6 Å². The zero-order valence-corrected chi connectivity index (χ0v) is 8.81. The number of benzene rings is 1. The largest absolute Gasteiger partial charge is 0.382 e. The van der Waals surface area contributed by atoms with Crippen LogP contribution in [0.2, 0.25) is 0 Å². The minimum atomic E-state index is -0.569. The van der Waals surface area contributed by atoms with Crippen molar-refractivity contribution in [3.05, 3.63) is 47.9 Å². The van der Waals surface area contributed by atoms with E-state index in [1.54, 1.807) is 30.5 Å². The van der Waals surface area contributed by atoms with Crippen LogP contribution >= 0.6 is 0 Å². The molecule has 0 fully saturated rings. The van der Waals surface area contributed by atoms with E-state index in [1.807, 2.05) is 0 Å². The van der Waals surface area contributed by atoms with Crippen molar-refractivity contribution in [3.63, 3.8) is 0 Å². The number of hydrogen-bond acceptors (Lipinski definition) is 4. The van der Waals surface area contributed by atoms with Gasteiger partial charge >= 0.3 is 0 Å². The first-order chi connectivity index (χ1) is 8.22. The summed E-state index contributed by atoms with van der Waals surface area (Å²) < 4.78 is 13.3. The maximum atomic E-state index is 13.3. The summed E-state index contributed by atoms with van der Waals surface area (Å²) >= 11 is 0. The summed E-state index contributed by atoms with van der Waals surface area (Å²) in [6, 6.07) is 9.56. The second kappa shape index (κ2) is 4.49. The summed E-state index contributed by atoms with van der Waals surface area (Å²) in [5.41, 5.74) is 6.51. The maximum absolute atomic E-state index is 13.3. The minimum absolute atomic E-state index is 0.0456. The zero-order chi connectivity index (χ0) is 12.3. The van der Waals surface area contributed by atoms with Crippen molar-refractivity contribution in [2.24, 2.45) is 0 Å². The number of nitrogens with two attached hydrogens (primary N) is 1. The summed E-state index contributed by atoms with van der Waals surface area (Å²) in [5.74, 6) is -0.277. The van der Waals surface area contributed by atoms with Crippen LogP contribution in [0.15, 0.2) is 36.5 Å². The highest BCUT2D eigenvalue weighted by atomic mass is 19.1. The zero-order valence-electron chi connectivity index (χ0n) is 8.81. The number of hydrogen-bond donors (Lipinski definition) is 2. The summed E-state index contributed by atoms with van der Waals surface area (Å²) in [6.07, 6.45) is 1.55. The smallest absolute Gasteiger partial charge is 0.147 e. The number of aromatic nitrogens is 1. The van der Waals surface area contributed by atoms with Crippen LogP contribution in [-0.4, -0.2) is 4.98 Å². The number of nitrogens with zero attached hydrogens (tertiary/aromatic N) is 2. The highest BCUT2D eigenvalue weighted by Crippen LogP contribution is 2.24. The average Bonchev–Trinajstić information content (AvgIpc) is 2.32. The van der Waals surface area contributed by atoms with E-state index in [2.05, 4.69) is 10.3 Å². The topological polar surface area (TPSA) is 74.7 Å². The maximum Gasteiger partial charge on any atom is 0.147 e. The van der Waals surface area contributed by atoms with E-state index in [1.165, 1.54) is 12.1 Å². The molecule has 0 bridgehead atoms. The molecule has 0 radical (unpaired) electrons. The van der Waals surface area contributed by atoms with E-state index in [9.17, 15) is 4.39 Å². The van der Waals surface area contributed by atoms with Crippen molar-refractivity contribution in [1.82, 2.24) is 4.98 Å². The summed E-state index contributed by atoms with van der Waals surface area (Å²) in [5, 5.41) is 11.8. The second-order valence-corrected chi connectivity index (χ2v) is 3.34. The molecule has 0 spiro atoms. The van der Waals surface area contributed by atoms with Gasteiger partial charge in [-0.1, -0.05) is 6.07 Å². The Labute approximate surface area is 97.5 Å². The van der Waals surface area contributed by atoms with Gasteiger partial charge in [0, 0.05) is 6.20 Å². The van der Waals surface area contributed by atoms with Gasteiger partial charge in [-0.25, -0.2) is 9.37 Å². The molecular formula is C12H9FN4. The fourth-order valence-electron chi connectivity index (χ4n) is 1.41. The number of nitrogens with one attached hydrogen (secondary N) is 1. The molecule has 3 N–H and O–H groups in total. The van der Waals surface area contributed by atoms with Gasteiger partial charge in [-0.15, -0.1) is 0 Å². The van der Waals surface area contributed by atoms with Crippen LogP contribution in [0.25, 0.3) is 0 Å². The molecule has 5 heteroatoms. The molecule has 0 aliphatic carbocycles. The van der Waals surface area contributed by atoms with E-state index in [-0.39, 0.29) is 5.56 Å². The highest BCUT2D eigenvalue weighted by Gasteiger charge is 2.08. The lowest BCUT2D eigenvalue weighted by atomic mass is 10.2. The van der Waals surface area contributed by atoms with Crippen molar-refractivity contribution in [2.45, 2.75) is 0 Å². The Morgan fingerprint density at radius 2 is 2.00 bits per heavy atom. The van der Waals surface area contributed by atoms with E-state index < -0.39 is 5.82 Å². The molecule has 4 nitrogen and oxygen atoms in total. The van der Waals surface area contributed by atoms with Crippen molar-refractivity contribution in [3.8, 4) is 6.07 Å². The van der Waals surface area contributed by atoms with Gasteiger partial charge in [0.05, 0.1) is 11.4 Å². The van der Waals surface area contributed by atoms with Crippen molar-refractivity contribution >= 4 is 17.2 Å². The van der Waals surface area contributed by atoms with Crippen LogP contribution in [0.3, 0.4) is 0 Å². The van der Waals surface area contributed by atoms with Crippen LogP contribution in [-0.2, 0) is 0 Å². The van der Waals surface area contributed by atoms with E-state index in [0.717, 1.165) is 0 Å². The number of rotatable bonds is 2. The molecule has 17 heavy (non-hydrogen) atoms. The average molecular weight is 228 g/mol. The monoisotopic (exact) mass is 228 g/mol. The van der Waals surface area contributed by atoms with Crippen LogP contribution in [0, 0.1) is 17.1 Å². The van der Waals surface area contributed by atoms with Crippen molar-refractivity contribution in [2.75, 3.05) is 11.1 Å². The molecule has 2 aromatic rings. The third kappa shape index (κ3) is 2.16. The standard InChI is InChI=1S/C12H9FN4/c13-9-3-1-4-10(8(9)7-14)17-11-5-2-6-16-12(11)15/h1-6,17H,(H2,15,16). The molecule has 1 aromatic heterocycles. The molecule has 84 valence electrons. The van der Waals surface area contributed by atoms with Crippen LogP contribution in [0.1, 0.15) is 5.56 Å². The number of halogens is 1. The van der Waals surface area contributed by atoms with Gasteiger partial charge in [0.1, 0.15) is 23.3 Å². The Hall–Kier alpha value is -2.61. The predicted molar refractivity (Wildman–Crippen MR) is 63.0 cm³/mol. The van der Waals surface area contributed by atoms with Gasteiger partial charge in [0.15, 0.2) is 0 Å². The van der Waals surface area contributed by atoms with Gasteiger partial charge in [0.2, 0.25) is 0 Å². The first-order valence-electron chi connectivity index (χ1n) is 4.88.